The number of carbonyl (C=O) groups excluding carboxylic acids is 1. The molecule has 2 unspecified atom stereocenters. The van der Waals surface area contributed by atoms with Crippen LogP contribution in [0.2, 0.25) is 0 Å². The third-order valence-electron chi connectivity index (χ3n) is 3.21. The van der Waals surface area contributed by atoms with Gasteiger partial charge in [-0.3, -0.25) is 4.79 Å². The molecule has 1 aliphatic carbocycles. The lowest BCUT2D eigenvalue weighted by atomic mass is 10.0. The summed E-state index contributed by atoms with van der Waals surface area (Å²) in [5.74, 6) is -6.31. The van der Waals surface area contributed by atoms with Gasteiger partial charge in [-0.1, -0.05) is 6.42 Å². The second-order valence-electron chi connectivity index (χ2n) is 4.56. The maximum atomic E-state index is 12.3. The van der Waals surface area contributed by atoms with Gasteiger partial charge in [-0.15, -0.1) is 0 Å². The molecule has 3 N–H and O–H groups in total. The van der Waals surface area contributed by atoms with Crippen molar-refractivity contribution in [1.29, 1.82) is 0 Å². The minimum atomic E-state index is -5.65. The number of nitrogens with two attached hydrogens (primary N) is 1. The maximum absolute atomic E-state index is 12.3. The summed E-state index contributed by atoms with van der Waals surface area (Å²) in [4.78, 5) is 11.3. The summed E-state index contributed by atoms with van der Waals surface area (Å²) in [5, 5.41) is 1.83. The molecule has 0 aromatic carbocycles. The van der Waals surface area contributed by atoms with Crippen LogP contribution in [0.4, 0.5) is 26.3 Å². The van der Waals surface area contributed by atoms with E-state index in [1.54, 1.807) is 0 Å². The summed E-state index contributed by atoms with van der Waals surface area (Å²) < 4.78 is 73.9. The van der Waals surface area contributed by atoms with Crippen LogP contribution in [0.25, 0.3) is 0 Å². The molecule has 0 bridgehead atoms. The van der Waals surface area contributed by atoms with Gasteiger partial charge in [0.2, 0.25) is 11.8 Å². The lowest BCUT2D eigenvalue weighted by Crippen LogP contribution is -2.51. The van der Waals surface area contributed by atoms with E-state index in [1.165, 1.54) is 0 Å². The van der Waals surface area contributed by atoms with Gasteiger partial charge in [0, 0.05) is 6.04 Å². The van der Waals surface area contributed by atoms with Gasteiger partial charge < -0.3 is 11.1 Å². The fraction of sp³-hybridized carbons (Fsp3) is 0.900. The Bertz CT molecular complexity index is 313. The van der Waals surface area contributed by atoms with Gasteiger partial charge in [-0.2, -0.15) is 26.3 Å². The van der Waals surface area contributed by atoms with E-state index in [2.05, 4.69) is 0 Å². The van der Waals surface area contributed by atoms with Crippen LogP contribution < -0.4 is 11.1 Å². The van der Waals surface area contributed by atoms with E-state index in [4.69, 9.17) is 5.73 Å². The Morgan fingerprint density at radius 1 is 1.16 bits per heavy atom. The summed E-state index contributed by atoms with van der Waals surface area (Å²) >= 11 is 0. The Morgan fingerprint density at radius 2 is 1.68 bits per heavy atom. The lowest BCUT2D eigenvalue weighted by Gasteiger charge is -2.26. The van der Waals surface area contributed by atoms with Crippen molar-refractivity contribution in [3.63, 3.8) is 0 Å². The highest BCUT2D eigenvalue weighted by atomic mass is 19.4. The van der Waals surface area contributed by atoms with E-state index in [9.17, 15) is 31.1 Å². The van der Waals surface area contributed by atoms with Gasteiger partial charge in [0.1, 0.15) is 0 Å². The second kappa shape index (κ2) is 5.56. The topological polar surface area (TPSA) is 55.1 Å². The molecule has 3 nitrogen and oxygen atoms in total. The maximum Gasteiger partial charge on any atom is 0.409 e. The van der Waals surface area contributed by atoms with Crippen molar-refractivity contribution < 1.29 is 31.1 Å². The molecule has 9 heteroatoms. The largest absolute Gasteiger partial charge is 0.409 e. The molecule has 0 spiro atoms. The summed E-state index contributed by atoms with van der Waals surface area (Å²) in [6, 6.07) is -0.718. The molecular formula is C10H14F6N2O. The van der Waals surface area contributed by atoms with Crippen LogP contribution in [-0.2, 0) is 4.79 Å². The van der Waals surface area contributed by atoms with Crippen molar-refractivity contribution in [2.45, 2.75) is 37.7 Å². The molecular weight excluding hydrogens is 278 g/mol. The monoisotopic (exact) mass is 292 g/mol. The highest BCUT2D eigenvalue weighted by molar-refractivity contribution is 5.80. The molecule has 1 fully saturated rings. The van der Waals surface area contributed by atoms with Gasteiger partial charge in [0.05, 0.1) is 0 Å². The Morgan fingerprint density at radius 3 is 2.11 bits per heavy atom. The van der Waals surface area contributed by atoms with Crippen molar-refractivity contribution in [2.24, 2.45) is 17.6 Å². The molecule has 112 valence electrons. The smallest absolute Gasteiger partial charge is 0.352 e. The van der Waals surface area contributed by atoms with Crippen LogP contribution >= 0.6 is 0 Å². The first-order valence-electron chi connectivity index (χ1n) is 5.71. The molecule has 19 heavy (non-hydrogen) atoms. The van der Waals surface area contributed by atoms with Gasteiger partial charge in [0.15, 0.2) is 0 Å². The standard InChI is InChI=1S/C10H14F6N2O/c11-9(12,13)7(10(14,15)16)8(19)18-6-3-1-2-5(6)4-17/h5-7H,1-4,17H2,(H,18,19). The minimum Gasteiger partial charge on any atom is -0.352 e. The number of carbonyl (C=O) groups is 1. The van der Waals surface area contributed by atoms with Crippen molar-refractivity contribution in [3.8, 4) is 0 Å². The van der Waals surface area contributed by atoms with E-state index in [-0.39, 0.29) is 12.5 Å². The van der Waals surface area contributed by atoms with E-state index < -0.39 is 30.2 Å². The highest BCUT2D eigenvalue weighted by Crippen LogP contribution is 2.39. The molecule has 1 amide bonds. The van der Waals surface area contributed by atoms with E-state index in [0.717, 1.165) is 0 Å². The number of hydrogen-bond donors (Lipinski definition) is 2. The summed E-state index contributed by atoms with van der Waals surface area (Å²) in [6.07, 6.45) is -9.76. The number of alkyl halides is 6. The van der Waals surface area contributed by atoms with Gasteiger partial charge in [-0.05, 0) is 25.3 Å². The first-order chi connectivity index (χ1) is 8.57. The minimum absolute atomic E-state index is 0.119. The van der Waals surface area contributed by atoms with Crippen LogP contribution in [0.15, 0.2) is 0 Å². The molecule has 1 aliphatic rings. The molecule has 1 rings (SSSR count). The van der Waals surface area contributed by atoms with Crippen molar-refractivity contribution in [1.82, 2.24) is 5.32 Å². The average Bonchev–Trinajstić information content (AvgIpc) is 2.59. The first kappa shape index (κ1) is 16.1. The van der Waals surface area contributed by atoms with Gasteiger partial charge in [-0.25, -0.2) is 0 Å². The fourth-order valence-electron chi connectivity index (χ4n) is 2.26. The number of nitrogens with one attached hydrogen (secondary N) is 1. The average molecular weight is 292 g/mol. The Labute approximate surface area is 105 Å². The van der Waals surface area contributed by atoms with Crippen LogP contribution in [0.3, 0.4) is 0 Å². The molecule has 0 saturated heterocycles. The number of hydrogen-bond acceptors (Lipinski definition) is 2. The number of halogens is 6. The predicted octanol–water partition coefficient (Wildman–Crippen LogP) is 1.97. The zero-order valence-electron chi connectivity index (χ0n) is 9.81. The van der Waals surface area contributed by atoms with Crippen LogP contribution in [0.1, 0.15) is 19.3 Å². The molecule has 2 atom stereocenters. The molecule has 0 heterocycles. The molecule has 1 saturated carbocycles. The molecule has 0 aromatic heterocycles. The third-order valence-corrected chi connectivity index (χ3v) is 3.21. The summed E-state index contributed by atoms with van der Waals surface area (Å²) in [5.41, 5.74) is 5.35. The second-order valence-corrected chi connectivity index (χ2v) is 4.56. The van der Waals surface area contributed by atoms with Crippen LogP contribution in [0, 0.1) is 11.8 Å². The van der Waals surface area contributed by atoms with Gasteiger partial charge >= 0.3 is 12.4 Å². The molecule has 0 aromatic rings. The quantitative estimate of drug-likeness (QED) is 0.781. The number of rotatable bonds is 3. The summed E-state index contributed by atoms with van der Waals surface area (Å²) in [6.45, 7) is 0.119. The Kier molecular flexibility index (Phi) is 4.70. The van der Waals surface area contributed by atoms with E-state index in [0.29, 0.717) is 19.3 Å². The zero-order valence-corrected chi connectivity index (χ0v) is 9.81. The molecule has 0 aliphatic heterocycles. The fourth-order valence-corrected chi connectivity index (χ4v) is 2.26. The SMILES string of the molecule is NCC1CCCC1NC(=O)C(C(F)(F)F)C(F)(F)F. The van der Waals surface area contributed by atoms with Crippen LogP contribution in [-0.4, -0.2) is 30.8 Å². The zero-order chi connectivity index (χ0) is 14.8. The van der Waals surface area contributed by atoms with Gasteiger partial charge in [0.25, 0.3) is 0 Å². The molecule has 0 radical (unpaired) electrons. The van der Waals surface area contributed by atoms with E-state index in [1.807, 2.05) is 5.32 Å². The Hall–Kier alpha value is -0.990. The van der Waals surface area contributed by atoms with Crippen molar-refractivity contribution in [2.75, 3.05) is 6.54 Å². The number of amides is 1. The predicted molar refractivity (Wildman–Crippen MR) is 53.9 cm³/mol. The van der Waals surface area contributed by atoms with E-state index >= 15 is 0 Å². The Balaban J connectivity index is 2.79. The lowest BCUT2D eigenvalue weighted by molar-refractivity contribution is -0.274. The summed E-state index contributed by atoms with van der Waals surface area (Å²) in [7, 11) is 0. The van der Waals surface area contributed by atoms with Crippen LogP contribution in [0.5, 0.6) is 0 Å². The van der Waals surface area contributed by atoms with Crippen molar-refractivity contribution in [3.05, 3.63) is 0 Å². The third kappa shape index (κ3) is 3.99. The normalized spacial score (nSPS) is 24.8. The highest BCUT2D eigenvalue weighted by Gasteiger charge is 2.61. The van der Waals surface area contributed by atoms with Crippen molar-refractivity contribution >= 4 is 5.91 Å². The first-order valence-corrected chi connectivity index (χ1v) is 5.71.